The van der Waals surface area contributed by atoms with E-state index in [2.05, 4.69) is 21.5 Å². The molecule has 0 fully saturated rings. The van der Waals surface area contributed by atoms with Crippen LogP contribution in [0.25, 0.3) is 0 Å². The minimum Gasteiger partial charge on any atom is -0.395 e. The number of aliphatic hydroxyl groups is 1. The molecule has 106 valence electrons. The number of anilines is 1. The Bertz CT molecular complexity index is 553. The van der Waals surface area contributed by atoms with E-state index < -0.39 is 10.0 Å². The lowest BCUT2D eigenvalue weighted by Crippen LogP contribution is -2.17. The fourth-order valence-electron chi connectivity index (χ4n) is 1.16. The summed E-state index contributed by atoms with van der Waals surface area (Å²) in [6.45, 7) is 3.97. The third-order valence-electron chi connectivity index (χ3n) is 2.16. The Morgan fingerprint density at radius 3 is 2.89 bits per heavy atom. The van der Waals surface area contributed by atoms with E-state index in [0.717, 1.165) is 0 Å². The summed E-state index contributed by atoms with van der Waals surface area (Å²) in [6, 6.07) is 0. The zero-order chi connectivity index (χ0) is 14.3. The molecule has 5 nitrogen and oxygen atoms in total. The highest BCUT2D eigenvalue weighted by Gasteiger charge is 2.13. The van der Waals surface area contributed by atoms with E-state index in [-0.39, 0.29) is 12.4 Å². The van der Waals surface area contributed by atoms with E-state index in [1.54, 1.807) is 0 Å². The Morgan fingerprint density at radius 2 is 2.26 bits per heavy atom. The van der Waals surface area contributed by atoms with Crippen LogP contribution in [0.1, 0.15) is 31.6 Å². The second-order valence-electron chi connectivity index (χ2n) is 4.41. The fraction of sp³-hybridized carbons (Fsp3) is 0.583. The van der Waals surface area contributed by atoms with Gasteiger partial charge in [0.25, 0.3) is 0 Å². The fourth-order valence-corrected chi connectivity index (χ4v) is 3.45. The zero-order valence-electron chi connectivity index (χ0n) is 11.0. The Hall–Kier alpha value is -1.10. The molecule has 1 heterocycles. The highest BCUT2D eigenvalue weighted by atomic mass is 32.2. The maximum atomic E-state index is 11.8. The molecule has 2 N–H and O–H groups in total. The van der Waals surface area contributed by atoms with Crippen molar-refractivity contribution in [3.05, 3.63) is 11.1 Å². The maximum absolute atomic E-state index is 11.8. The second kappa shape index (κ2) is 7.48. The molecule has 19 heavy (non-hydrogen) atoms. The number of sulfonamides is 1. The van der Waals surface area contributed by atoms with Gasteiger partial charge in [-0.05, 0) is 12.3 Å². The second-order valence-corrected chi connectivity index (χ2v) is 7.28. The zero-order valence-corrected chi connectivity index (χ0v) is 12.6. The topological polar surface area (TPSA) is 79.3 Å². The first-order valence-corrected chi connectivity index (χ1v) is 8.46. The average molecular weight is 302 g/mol. The molecule has 0 aliphatic rings. The van der Waals surface area contributed by atoms with Crippen LogP contribution >= 0.6 is 11.3 Å². The van der Waals surface area contributed by atoms with Gasteiger partial charge >= 0.3 is 0 Å². The minimum atomic E-state index is -3.33. The quantitative estimate of drug-likeness (QED) is 0.783. The highest BCUT2D eigenvalue weighted by Crippen LogP contribution is 2.18. The molecule has 0 aliphatic carbocycles. The van der Waals surface area contributed by atoms with E-state index in [1.807, 2.05) is 13.8 Å². The van der Waals surface area contributed by atoms with Gasteiger partial charge in [0, 0.05) is 6.42 Å². The van der Waals surface area contributed by atoms with Crippen molar-refractivity contribution in [2.75, 3.05) is 17.1 Å². The Labute approximate surface area is 118 Å². The summed E-state index contributed by atoms with van der Waals surface area (Å²) in [7, 11) is -3.33. The van der Waals surface area contributed by atoms with Crippen LogP contribution in [0.2, 0.25) is 0 Å². The van der Waals surface area contributed by atoms with Crippen LogP contribution in [0.3, 0.4) is 0 Å². The summed E-state index contributed by atoms with van der Waals surface area (Å²) >= 11 is 1.19. The number of hydrogen-bond donors (Lipinski definition) is 2. The first kappa shape index (κ1) is 16.0. The van der Waals surface area contributed by atoms with E-state index >= 15 is 0 Å². The molecule has 7 heteroatoms. The largest absolute Gasteiger partial charge is 0.395 e. The molecule has 0 aromatic carbocycles. The lowest BCUT2D eigenvalue weighted by Gasteiger charge is -2.06. The Balaban J connectivity index is 2.61. The van der Waals surface area contributed by atoms with E-state index in [0.29, 0.717) is 28.8 Å². The monoisotopic (exact) mass is 302 g/mol. The Morgan fingerprint density at radius 1 is 1.53 bits per heavy atom. The predicted molar refractivity (Wildman–Crippen MR) is 77.6 cm³/mol. The number of aromatic nitrogens is 1. The van der Waals surface area contributed by atoms with Gasteiger partial charge in [-0.1, -0.05) is 37.0 Å². The SMILES string of the molecule is CC(C)CCS(=O)(=O)Nc1ncc(C#CCCO)s1. The van der Waals surface area contributed by atoms with Gasteiger partial charge in [0.15, 0.2) is 5.13 Å². The molecule has 0 saturated heterocycles. The minimum absolute atomic E-state index is 0.0144. The number of hydrogen-bond acceptors (Lipinski definition) is 5. The van der Waals surface area contributed by atoms with Gasteiger partial charge in [0.1, 0.15) is 0 Å². The number of thiazole rings is 1. The van der Waals surface area contributed by atoms with E-state index in [9.17, 15) is 8.42 Å². The number of nitrogens with one attached hydrogen (secondary N) is 1. The van der Waals surface area contributed by atoms with Crippen LogP contribution in [0.4, 0.5) is 5.13 Å². The van der Waals surface area contributed by atoms with Crippen LogP contribution in [0.15, 0.2) is 6.20 Å². The molecule has 0 spiro atoms. The highest BCUT2D eigenvalue weighted by molar-refractivity contribution is 7.92. The van der Waals surface area contributed by atoms with Crippen molar-refractivity contribution < 1.29 is 13.5 Å². The van der Waals surface area contributed by atoms with Crippen LogP contribution in [0.5, 0.6) is 0 Å². The summed E-state index contributed by atoms with van der Waals surface area (Å²) in [5, 5.41) is 8.93. The summed E-state index contributed by atoms with van der Waals surface area (Å²) < 4.78 is 26.0. The Kier molecular flexibility index (Phi) is 6.28. The number of aliphatic hydroxyl groups excluding tert-OH is 1. The number of nitrogens with zero attached hydrogens (tertiary/aromatic N) is 1. The summed E-state index contributed by atoms with van der Waals surface area (Å²) in [5.74, 6) is 6.01. The third kappa shape index (κ3) is 6.57. The smallest absolute Gasteiger partial charge is 0.234 e. The molecule has 1 rings (SSSR count). The summed E-state index contributed by atoms with van der Waals surface area (Å²) in [5.41, 5.74) is 0. The molecule has 0 bridgehead atoms. The van der Waals surface area contributed by atoms with Crippen molar-refractivity contribution in [2.24, 2.45) is 5.92 Å². The van der Waals surface area contributed by atoms with E-state index in [1.165, 1.54) is 17.5 Å². The third-order valence-corrected chi connectivity index (χ3v) is 4.40. The van der Waals surface area contributed by atoms with Gasteiger partial charge in [-0.25, -0.2) is 13.4 Å². The summed E-state index contributed by atoms with van der Waals surface area (Å²) in [6.07, 6.45) is 2.53. The van der Waals surface area contributed by atoms with Gasteiger partial charge in [-0.3, -0.25) is 4.72 Å². The van der Waals surface area contributed by atoms with Crippen molar-refractivity contribution in [3.8, 4) is 11.8 Å². The molecule has 0 amide bonds. The lowest BCUT2D eigenvalue weighted by molar-refractivity contribution is 0.305. The van der Waals surface area contributed by atoms with Crippen molar-refractivity contribution in [1.29, 1.82) is 0 Å². The molecule has 0 unspecified atom stereocenters. The first-order valence-electron chi connectivity index (χ1n) is 5.99. The molecule has 0 saturated carbocycles. The van der Waals surface area contributed by atoms with Crippen molar-refractivity contribution in [2.45, 2.75) is 26.7 Å². The lowest BCUT2D eigenvalue weighted by atomic mass is 10.2. The molecular formula is C12H18N2O3S2. The van der Waals surface area contributed by atoms with Gasteiger partial charge in [-0.2, -0.15) is 0 Å². The molecule has 0 radical (unpaired) electrons. The van der Waals surface area contributed by atoms with Crippen molar-refractivity contribution in [3.63, 3.8) is 0 Å². The first-order chi connectivity index (χ1) is 8.93. The van der Waals surface area contributed by atoms with Gasteiger partial charge < -0.3 is 5.11 Å². The molecular weight excluding hydrogens is 284 g/mol. The number of rotatable bonds is 6. The van der Waals surface area contributed by atoms with Crippen LogP contribution in [0, 0.1) is 17.8 Å². The summed E-state index contributed by atoms with van der Waals surface area (Å²) in [4.78, 5) is 4.65. The van der Waals surface area contributed by atoms with Gasteiger partial charge in [0.2, 0.25) is 10.0 Å². The molecule has 1 aromatic rings. The standard InChI is InChI=1S/C12H18N2O3S2/c1-10(2)6-8-19(16,17)14-12-13-9-11(18-12)5-3-4-7-15/h9-10,15H,4,6-8H2,1-2H3,(H,13,14). The normalized spacial score (nSPS) is 11.2. The van der Waals surface area contributed by atoms with Crippen molar-refractivity contribution >= 4 is 26.5 Å². The predicted octanol–water partition coefficient (Wildman–Crippen LogP) is 1.66. The molecule has 0 atom stereocenters. The molecule has 0 aliphatic heterocycles. The van der Waals surface area contributed by atoms with E-state index in [4.69, 9.17) is 5.11 Å². The van der Waals surface area contributed by atoms with Gasteiger partial charge in [0.05, 0.1) is 23.4 Å². The molecule has 1 aromatic heterocycles. The van der Waals surface area contributed by atoms with Crippen LogP contribution in [-0.4, -0.2) is 30.9 Å². The average Bonchev–Trinajstić information content (AvgIpc) is 2.74. The van der Waals surface area contributed by atoms with Crippen molar-refractivity contribution in [1.82, 2.24) is 4.98 Å². The maximum Gasteiger partial charge on any atom is 0.234 e. The van der Waals surface area contributed by atoms with Crippen LogP contribution in [-0.2, 0) is 10.0 Å². The van der Waals surface area contributed by atoms with Gasteiger partial charge in [-0.15, -0.1) is 0 Å². The van der Waals surface area contributed by atoms with Crippen LogP contribution < -0.4 is 4.72 Å².